The molecule has 4 heteroatoms. The molecule has 0 bridgehead atoms. The molecule has 0 amide bonds. The number of ether oxygens (including phenoxy) is 1. The highest BCUT2D eigenvalue weighted by atomic mass is 32.2. The Morgan fingerprint density at radius 2 is 2.22 bits per heavy atom. The average Bonchev–Trinajstić information content (AvgIpc) is 2.40. The molecular weight excluding hydrogens is 244 g/mol. The lowest BCUT2D eigenvalue weighted by atomic mass is 10.2. The molecule has 1 aliphatic rings. The van der Waals surface area contributed by atoms with Gasteiger partial charge in [-0.25, -0.2) is 0 Å². The van der Waals surface area contributed by atoms with Crippen LogP contribution in [-0.2, 0) is 0 Å². The minimum atomic E-state index is 0.671. The van der Waals surface area contributed by atoms with Gasteiger partial charge in [0.15, 0.2) is 0 Å². The molecule has 18 heavy (non-hydrogen) atoms. The van der Waals surface area contributed by atoms with E-state index in [0.29, 0.717) is 12.2 Å². The maximum atomic E-state index is 8.70. The van der Waals surface area contributed by atoms with Crippen molar-refractivity contribution in [2.75, 3.05) is 32.0 Å². The minimum Gasteiger partial charge on any atom is -0.492 e. The number of nitriles is 1. The van der Waals surface area contributed by atoms with E-state index in [-0.39, 0.29) is 0 Å². The van der Waals surface area contributed by atoms with Crippen molar-refractivity contribution in [1.82, 2.24) is 4.90 Å². The van der Waals surface area contributed by atoms with Crippen molar-refractivity contribution in [3.05, 3.63) is 29.8 Å². The molecule has 1 unspecified atom stereocenters. The van der Waals surface area contributed by atoms with Crippen molar-refractivity contribution in [1.29, 1.82) is 5.26 Å². The van der Waals surface area contributed by atoms with Gasteiger partial charge in [-0.3, -0.25) is 4.90 Å². The van der Waals surface area contributed by atoms with E-state index in [2.05, 4.69) is 17.9 Å². The van der Waals surface area contributed by atoms with Gasteiger partial charge < -0.3 is 4.74 Å². The van der Waals surface area contributed by atoms with Crippen molar-refractivity contribution in [2.24, 2.45) is 0 Å². The van der Waals surface area contributed by atoms with Gasteiger partial charge >= 0.3 is 0 Å². The molecule has 0 radical (unpaired) electrons. The van der Waals surface area contributed by atoms with Crippen LogP contribution in [0.4, 0.5) is 0 Å². The van der Waals surface area contributed by atoms with Crippen LogP contribution in [0.1, 0.15) is 12.5 Å². The molecule has 1 fully saturated rings. The van der Waals surface area contributed by atoms with E-state index in [9.17, 15) is 0 Å². The Kier molecular flexibility index (Phi) is 4.91. The summed E-state index contributed by atoms with van der Waals surface area (Å²) in [6.07, 6.45) is 0. The first kappa shape index (κ1) is 13.3. The Morgan fingerprint density at radius 3 is 2.89 bits per heavy atom. The van der Waals surface area contributed by atoms with Gasteiger partial charge in [-0.1, -0.05) is 6.92 Å². The first-order valence-corrected chi connectivity index (χ1v) is 7.30. The molecule has 1 atom stereocenters. The zero-order chi connectivity index (χ0) is 12.8. The third kappa shape index (κ3) is 3.94. The SMILES string of the molecule is CC1CN(CCOc2ccc(C#N)cc2)CCS1. The van der Waals surface area contributed by atoms with Crippen LogP contribution in [0, 0.1) is 11.3 Å². The monoisotopic (exact) mass is 262 g/mol. The molecule has 0 spiro atoms. The number of hydrogen-bond donors (Lipinski definition) is 0. The van der Waals surface area contributed by atoms with Crippen LogP contribution in [0.5, 0.6) is 5.75 Å². The summed E-state index contributed by atoms with van der Waals surface area (Å²) in [5.74, 6) is 2.06. The van der Waals surface area contributed by atoms with Crippen LogP contribution in [0.3, 0.4) is 0 Å². The normalized spacial score (nSPS) is 20.3. The zero-order valence-electron chi connectivity index (χ0n) is 10.6. The summed E-state index contributed by atoms with van der Waals surface area (Å²) in [6, 6.07) is 9.38. The van der Waals surface area contributed by atoms with Crippen molar-refractivity contribution < 1.29 is 4.74 Å². The summed E-state index contributed by atoms with van der Waals surface area (Å²) in [5, 5.41) is 9.43. The van der Waals surface area contributed by atoms with Gasteiger partial charge in [0.1, 0.15) is 12.4 Å². The van der Waals surface area contributed by atoms with E-state index >= 15 is 0 Å². The van der Waals surface area contributed by atoms with Crippen LogP contribution in [0.25, 0.3) is 0 Å². The zero-order valence-corrected chi connectivity index (χ0v) is 11.4. The maximum absolute atomic E-state index is 8.70. The highest BCUT2D eigenvalue weighted by molar-refractivity contribution is 7.99. The van der Waals surface area contributed by atoms with E-state index in [0.717, 1.165) is 30.6 Å². The van der Waals surface area contributed by atoms with Gasteiger partial charge in [0.05, 0.1) is 11.6 Å². The van der Waals surface area contributed by atoms with Crippen LogP contribution in [0.2, 0.25) is 0 Å². The second-order valence-electron chi connectivity index (χ2n) is 4.47. The van der Waals surface area contributed by atoms with Crippen molar-refractivity contribution in [2.45, 2.75) is 12.2 Å². The Labute approximate surface area is 113 Å². The first-order valence-electron chi connectivity index (χ1n) is 6.25. The summed E-state index contributed by atoms with van der Waals surface area (Å²) in [7, 11) is 0. The molecule has 1 aromatic carbocycles. The van der Waals surface area contributed by atoms with Crippen molar-refractivity contribution in [3.63, 3.8) is 0 Å². The van der Waals surface area contributed by atoms with E-state index in [1.54, 1.807) is 12.1 Å². The first-order chi connectivity index (χ1) is 8.78. The second-order valence-corrected chi connectivity index (χ2v) is 6.01. The topological polar surface area (TPSA) is 36.3 Å². The third-order valence-electron chi connectivity index (χ3n) is 2.98. The molecule has 1 aliphatic heterocycles. The molecule has 0 aromatic heterocycles. The van der Waals surface area contributed by atoms with Gasteiger partial charge in [-0.05, 0) is 24.3 Å². The van der Waals surface area contributed by atoms with Crippen LogP contribution >= 0.6 is 11.8 Å². The average molecular weight is 262 g/mol. The highest BCUT2D eigenvalue weighted by Gasteiger charge is 2.15. The lowest BCUT2D eigenvalue weighted by molar-refractivity contribution is 0.215. The Balaban J connectivity index is 1.72. The van der Waals surface area contributed by atoms with Crippen LogP contribution in [0.15, 0.2) is 24.3 Å². The molecule has 0 N–H and O–H groups in total. The number of nitrogens with zero attached hydrogens (tertiary/aromatic N) is 2. The lowest BCUT2D eigenvalue weighted by Gasteiger charge is -2.30. The quantitative estimate of drug-likeness (QED) is 0.834. The summed E-state index contributed by atoms with van der Waals surface area (Å²) >= 11 is 2.04. The van der Waals surface area contributed by atoms with E-state index in [1.807, 2.05) is 23.9 Å². The Hall–Kier alpha value is -1.18. The molecule has 1 saturated heterocycles. The summed E-state index contributed by atoms with van der Waals surface area (Å²) in [4.78, 5) is 2.45. The van der Waals surface area contributed by atoms with Gasteiger partial charge in [0.2, 0.25) is 0 Å². The molecule has 2 rings (SSSR count). The fraction of sp³-hybridized carbons (Fsp3) is 0.500. The van der Waals surface area contributed by atoms with Gasteiger partial charge in [-0.2, -0.15) is 17.0 Å². The molecule has 3 nitrogen and oxygen atoms in total. The van der Waals surface area contributed by atoms with Crippen LogP contribution < -0.4 is 4.74 Å². The third-order valence-corrected chi connectivity index (χ3v) is 4.12. The lowest BCUT2D eigenvalue weighted by Crippen LogP contribution is -2.39. The van der Waals surface area contributed by atoms with Gasteiger partial charge in [-0.15, -0.1) is 0 Å². The number of thioether (sulfide) groups is 1. The summed E-state index contributed by atoms with van der Waals surface area (Å²) in [6.45, 7) is 6.28. The number of hydrogen-bond acceptors (Lipinski definition) is 4. The van der Waals surface area contributed by atoms with E-state index in [1.165, 1.54) is 5.75 Å². The standard InChI is InChI=1S/C14H18N2OS/c1-12-11-16(7-9-18-12)6-8-17-14-4-2-13(10-15)3-5-14/h2-5,12H,6-9,11H2,1H3. The van der Waals surface area contributed by atoms with Gasteiger partial charge in [0.25, 0.3) is 0 Å². The number of rotatable bonds is 4. The Morgan fingerprint density at radius 1 is 1.44 bits per heavy atom. The number of benzene rings is 1. The molecule has 0 saturated carbocycles. The fourth-order valence-corrected chi connectivity index (χ4v) is 3.09. The molecule has 1 aromatic rings. The Bertz CT molecular complexity index is 413. The molecule has 96 valence electrons. The smallest absolute Gasteiger partial charge is 0.119 e. The maximum Gasteiger partial charge on any atom is 0.119 e. The molecule has 0 aliphatic carbocycles. The van der Waals surface area contributed by atoms with E-state index in [4.69, 9.17) is 10.00 Å². The van der Waals surface area contributed by atoms with Crippen LogP contribution in [-0.4, -0.2) is 42.1 Å². The largest absolute Gasteiger partial charge is 0.492 e. The fourth-order valence-electron chi connectivity index (χ4n) is 2.01. The minimum absolute atomic E-state index is 0.671. The summed E-state index contributed by atoms with van der Waals surface area (Å²) in [5.41, 5.74) is 0.671. The highest BCUT2D eigenvalue weighted by Crippen LogP contribution is 2.17. The molecule has 1 heterocycles. The summed E-state index contributed by atoms with van der Waals surface area (Å²) < 4.78 is 5.69. The van der Waals surface area contributed by atoms with E-state index < -0.39 is 0 Å². The van der Waals surface area contributed by atoms with Crippen molar-refractivity contribution >= 4 is 11.8 Å². The molecular formula is C14H18N2OS. The second kappa shape index (κ2) is 6.67. The predicted octanol–water partition coefficient (Wildman–Crippen LogP) is 2.37. The van der Waals surface area contributed by atoms with Gasteiger partial charge in [0, 0.05) is 30.6 Å². The predicted molar refractivity (Wildman–Crippen MR) is 75.0 cm³/mol. The van der Waals surface area contributed by atoms with Crippen molar-refractivity contribution in [3.8, 4) is 11.8 Å².